The van der Waals surface area contributed by atoms with Crippen molar-refractivity contribution in [3.63, 3.8) is 0 Å². The molecule has 4 nitrogen and oxygen atoms in total. The van der Waals surface area contributed by atoms with Crippen molar-refractivity contribution in [2.75, 3.05) is 5.73 Å². The maximum atomic E-state index is 11.6. The molecule has 4 rings (SSSR count). The number of nitrogens with zero attached hydrogens (tertiary/aromatic N) is 1. The number of para-hydroxylation sites is 1. The molecule has 0 aliphatic heterocycles. The van der Waals surface area contributed by atoms with Crippen molar-refractivity contribution >= 4 is 44.0 Å². The van der Waals surface area contributed by atoms with Gasteiger partial charge < -0.3 is 10.2 Å². The van der Waals surface area contributed by atoms with Crippen LogP contribution in [0.2, 0.25) is 0 Å². The maximum absolute atomic E-state index is 11.6. The third-order valence-electron chi connectivity index (χ3n) is 3.59. The number of ketones is 1. The van der Waals surface area contributed by atoms with Crippen LogP contribution in [0, 0.1) is 0 Å². The topological polar surface area (TPSA) is 69.1 Å². The average Bonchev–Trinajstić information content (AvgIpc) is 3.08. The van der Waals surface area contributed by atoms with Gasteiger partial charge in [-0.2, -0.15) is 0 Å². The Balaban J connectivity index is 1.90. The molecule has 0 saturated carbocycles. The Morgan fingerprint density at radius 1 is 1.23 bits per heavy atom. The predicted octanol–water partition coefficient (Wildman–Crippen LogP) is 4.49. The highest BCUT2D eigenvalue weighted by molar-refractivity contribution is 7.21. The number of anilines is 1. The second kappa shape index (κ2) is 4.68. The van der Waals surface area contributed by atoms with Gasteiger partial charge in [0.25, 0.3) is 0 Å². The molecule has 0 atom stereocenters. The Kier molecular flexibility index (Phi) is 2.77. The van der Waals surface area contributed by atoms with E-state index < -0.39 is 0 Å². The molecule has 2 N–H and O–H groups in total. The van der Waals surface area contributed by atoms with Gasteiger partial charge in [0.2, 0.25) is 0 Å². The Bertz CT molecular complexity index is 997. The molecular weight excluding hydrogens is 296 g/mol. The molecule has 0 unspecified atom stereocenters. The first-order valence-corrected chi connectivity index (χ1v) is 7.64. The molecule has 5 heteroatoms. The monoisotopic (exact) mass is 308 g/mol. The number of Topliss-reactive ketones (excluding diaryl/α,β-unsaturated/α-hetero) is 1. The number of nitrogens with two attached hydrogens (primary N) is 1. The van der Waals surface area contributed by atoms with E-state index in [-0.39, 0.29) is 5.78 Å². The molecule has 3 heterocycles. The van der Waals surface area contributed by atoms with Gasteiger partial charge in [0.1, 0.15) is 16.1 Å². The summed E-state index contributed by atoms with van der Waals surface area (Å²) >= 11 is 1.32. The lowest BCUT2D eigenvalue weighted by atomic mass is 10.2. The van der Waals surface area contributed by atoms with Crippen molar-refractivity contribution in [2.24, 2.45) is 0 Å². The van der Waals surface area contributed by atoms with Crippen molar-refractivity contribution in [1.29, 1.82) is 0 Å². The third kappa shape index (κ3) is 1.90. The summed E-state index contributed by atoms with van der Waals surface area (Å²) in [6.07, 6.45) is 0. The number of carbonyl (C=O) groups is 1. The molecule has 0 amide bonds. The van der Waals surface area contributed by atoms with Crippen LogP contribution >= 0.6 is 11.3 Å². The number of pyridine rings is 1. The van der Waals surface area contributed by atoms with E-state index in [1.807, 2.05) is 42.5 Å². The fraction of sp³-hybridized carbons (Fsp3) is 0.0588. The highest BCUT2D eigenvalue weighted by Gasteiger charge is 2.15. The third-order valence-corrected chi connectivity index (χ3v) is 4.81. The van der Waals surface area contributed by atoms with Crippen LogP contribution in [0.3, 0.4) is 0 Å². The summed E-state index contributed by atoms with van der Waals surface area (Å²) in [6.45, 7) is 1.52. The summed E-state index contributed by atoms with van der Waals surface area (Å²) in [6, 6.07) is 13.6. The van der Waals surface area contributed by atoms with E-state index in [9.17, 15) is 4.79 Å². The minimum atomic E-state index is -0.0363. The standard InChI is InChI=1S/C17H12N2O2S/c1-9(20)16-15(18)11-6-7-12(19-17(11)22-16)14-8-10-4-2-3-5-13(10)21-14/h2-8H,18H2,1H3. The molecule has 0 radical (unpaired) electrons. The first-order valence-electron chi connectivity index (χ1n) is 6.82. The summed E-state index contributed by atoms with van der Waals surface area (Å²) in [5, 5.41) is 1.85. The van der Waals surface area contributed by atoms with Gasteiger partial charge in [0.05, 0.1) is 10.6 Å². The van der Waals surface area contributed by atoms with Crippen LogP contribution in [0.25, 0.3) is 32.6 Å². The molecule has 4 aromatic rings. The molecule has 0 aliphatic carbocycles. The van der Waals surface area contributed by atoms with Gasteiger partial charge in [0.15, 0.2) is 11.5 Å². The van der Waals surface area contributed by atoms with Gasteiger partial charge >= 0.3 is 0 Å². The first-order chi connectivity index (χ1) is 10.6. The van der Waals surface area contributed by atoms with Crippen molar-refractivity contribution in [2.45, 2.75) is 6.92 Å². The number of nitrogen functional groups attached to an aromatic ring is 1. The van der Waals surface area contributed by atoms with Crippen molar-refractivity contribution < 1.29 is 9.21 Å². The van der Waals surface area contributed by atoms with Crippen LogP contribution in [-0.4, -0.2) is 10.8 Å². The zero-order valence-electron chi connectivity index (χ0n) is 11.8. The zero-order chi connectivity index (χ0) is 15.3. The van der Waals surface area contributed by atoms with E-state index >= 15 is 0 Å². The lowest BCUT2D eigenvalue weighted by Crippen LogP contribution is -1.93. The molecule has 0 aliphatic rings. The molecule has 0 bridgehead atoms. The van der Waals surface area contributed by atoms with Gasteiger partial charge in [-0.15, -0.1) is 11.3 Å². The van der Waals surface area contributed by atoms with E-state index in [4.69, 9.17) is 10.2 Å². The number of aromatic nitrogens is 1. The van der Waals surface area contributed by atoms with E-state index in [0.717, 1.165) is 26.9 Å². The van der Waals surface area contributed by atoms with Gasteiger partial charge in [0, 0.05) is 17.7 Å². The minimum Gasteiger partial charge on any atom is -0.454 e. The number of thiophene rings is 1. The highest BCUT2D eigenvalue weighted by Crippen LogP contribution is 2.35. The molecule has 0 fully saturated rings. The Hall–Kier alpha value is -2.66. The Morgan fingerprint density at radius 3 is 2.82 bits per heavy atom. The molecule has 1 aromatic carbocycles. The summed E-state index contributed by atoms with van der Waals surface area (Å²) in [5.41, 5.74) is 8.09. The number of hydrogen-bond acceptors (Lipinski definition) is 5. The quantitative estimate of drug-likeness (QED) is 0.554. The number of carbonyl (C=O) groups excluding carboxylic acids is 1. The molecule has 0 spiro atoms. The lowest BCUT2D eigenvalue weighted by molar-refractivity contribution is 0.102. The second-order valence-corrected chi connectivity index (χ2v) is 6.10. The average molecular weight is 308 g/mol. The van der Waals surface area contributed by atoms with Gasteiger partial charge in [-0.3, -0.25) is 4.79 Å². The summed E-state index contributed by atoms with van der Waals surface area (Å²) in [5.74, 6) is 0.672. The second-order valence-electron chi connectivity index (χ2n) is 5.10. The fourth-order valence-corrected chi connectivity index (χ4v) is 3.49. The first kappa shape index (κ1) is 13.0. The summed E-state index contributed by atoms with van der Waals surface area (Å²) in [7, 11) is 0. The normalized spacial score (nSPS) is 11.3. The van der Waals surface area contributed by atoms with Crippen LogP contribution in [0.4, 0.5) is 5.69 Å². The van der Waals surface area contributed by atoms with Crippen molar-refractivity contribution in [3.05, 3.63) is 47.3 Å². The van der Waals surface area contributed by atoms with Crippen molar-refractivity contribution in [3.8, 4) is 11.5 Å². The van der Waals surface area contributed by atoms with Crippen LogP contribution in [0.15, 0.2) is 46.9 Å². The number of hydrogen-bond donors (Lipinski definition) is 1. The summed E-state index contributed by atoms with van der Waals surface area (Å²) in [4.78, 5) is 17.5. The Labute approximate surface area is 130 Å². The van der Waals surface area contributed by atoms with Crippen molar-refractivity contribution in [1.82, 2.24) is 4.98 Å². The molecule has 3 aromatic heterocycles. The number of fused-ring (bicyclic) bond motifs is 2. The SMILES string of the molecule is CC(=O)c1sc2nc(-c3cc4ccccc4o3)ccc2c1N. The largest absolute Gasteiger partial charge is 0.454 e. The lowest BCUT2D eigenvalue weighted by Gasteiger charge is -1.96. The van der Waals surface area contributed by atoms with E-state index in [2.05, 4.69) is 4.98 Å². The van der Waals surface area contributed by atoms with Gasteiger partial charge in [-0.25, -0.2) is 4.98 Å². The molecule has 108 valence electrons. The van der Waals surface area contributed by atoms with E-state index in [1.54, 1.807) is 0 Å². The maximum Gasteiger partial charge on any atom is 0.171 e. The smallest absolute Gasteiger partial charge is 0.171 e. The summed E-state index contributed by atoms with van der Waals surface area (Å²) < 4.78 is 5.83. The minimum absolute atomic E-state index is 0.0363. The molecular formula is C17H12N2O2S. The van der Waals surface area contributed by atoms with E-state index in [0.29, 0.717) is 16.3 Å². The Morgan fingerprint density at radius 2 is 2.05 bits per heavy atom. The number of benzene rings is 1. The molecule has 0 saturated heterocycles. The van der Waals surface area contributed by atoms with Crippen LogP contribution in [-0.2, 0) is 0 Å². The van der Waals surface area contributed by atoms with Gasteiger partial charge in [-0.1, -0.05) is 18.2 Å². The van der Waals surface area contributed by atoms with Crippen LogP contribution < -0.4 is 5.73 Å². The predicted molar refractivity (Wildman–Crippen MR) is 89.2 cm³/mol. The number of rotatable bonds is 2. The number of furan rings is 1. The molecule has 22 heavy (non-hydrogen) atoms. The van der Waals surface area contributed by atoms with Crippen LogP contribution in [0.5, 0.6) is 0 Å². The highest BCUT2D eigenvalue weighted by atomic mass is 32.1. The van der Waals surface area contributed by atoms with Crippen LogP contribution in [0.1, 0.15) is 16.6 Å². The van der Waals surface area contributed by atoms with Gasteiger partial charge in [-0.05, 0) is 24.3 Å². The fourth-order valence-electron chi connectivity index (χ4n) is 2.50. The van der Waals surface area contributed by atoms with E-state index in [1.165, 1.54) is 18.3 Å². The zero-order valence-corrected chi connectivity index (χ0v) is 12.6.